The molecule has 6 nitrogen and oxygen atoms in total. The molecule has 0 radical (unpaired) electrons. The zero-order chi connectivity index (χ0) is 14.1. The summed E-state index contributed by atoms with van der Waals surface area (Å²) in [6.07, 6.45) is 1.24. The summed E-state index contributed by atoms with van der Waals surface area (Å²) >= 11 is 0. The molecule has 20 heavy (non-hydrogen) atoms. The molecule has 3 aromatic rings. The molecule has 0 spiro atoms. The average Bonchev–Trinajstić information content (AvgIpc) is 3.04. The summed E-state index contributed by atoms with van der Waals surface area (Å²) in [4.78, 5) is 19.6. The van der Waals surface area contributed by atoms with E-state index in [9.17, 15) is 4.79 Å². The highest BCUT2D eigenvalue weighted by Gasteiger charge is 2.19. The molecule has 0 saturated heterocycles. The fourth-order valence-electron chi connectivity index (χ4n) is 2.27. The van der Waals surface area contributed by atoms with Crippen LogP contribution in [0.2, 0.25) is 0 Å². The molecule has 0 saturated carbocycles. The molecule has 3 rings (SSSR count). The van der Waals surface area contributed by atoms with Crippen molar-refractivity contribution in [2.24, 2.45) is 0 Å². The number of aromatic nitrogens is 3. The van der Waals surface area contributed by atoms with Crippen LogP contribution in [-0.4, -0.2) is 21.0 Å². The van der Waals surface area contributed by atoms with Crippen LogP contribution in [0.25, 0.3) is 10.9 Å². The van der Waals surface area contributed by atoms with Gasteiger partial charge in [-0.15, -0.1) is 0 Å². The number of aromatic amines is 1. The Balaban J connectivity index is 1.91. The van der Waals surface area contributed by atoms with Crippen LogP contribution in [0, 0.1) is 6.92 Å². The predicted molar refractivity (Wildman–Crippen MR) is 73.2 cm³/mol. The van der Waals surface area contributed by atoms with Gasteiger partial charge in [0.05, 0.1) is 11.6 Å². The van der Waals surface area contributed by atoms with Gasteiger partial charge >= 0.3 is 0 Å². The molecule has 0 unspecified atom stereocenters. The van der Waals surface area contributed by atoms with E-state index in [4.69, 9.17) is 0 Å². The first-order valence-electron chi connectivity index (χ1n) is 6.31. The number of hydrogen-bond donors (Lipinski definition) is 2. The predicted octanol–water partition coefficient (Wildman–Crippen LogP) is 2.35. The summed E-state index contributed by atoms with van der Waals surface area (Å²) in [5.41, 5.74) is 2.43. The van der Waals surface area contributed by atoms with Crippen molar-refractivity contribution in [1.82, 2.24) is 20.4 Å². The first-order valence-corrected chi connectivity index (χ1v) is 6.31. The van der Waals surface area contributed by atoms with E-state index < -0.39 is 0 Å². The number of H-pyrrole nitrogens is 1. The molecule has 0 fully saturated rings. The molecule has 2 heterocycles. The van der Waals surface area contributed by atoms with Crippen LogP contribution in [0.3, 0.4) is 0 Å². The third kappa shape index (κ3) is 2.05. The Hall–Kier alpha value is -2.63. The van der Waals surface area contributed by atoms with Gasteiger partial charge in [0, 0.05) is 16.6 Å². The van der Waals surface area contributed by atoms with Crippen LogP contribution >= 0.6 is 0 Å². The average molecular weight is 270 g/mol. The molecule has 0 aliphatic heterocycles. The molecule has 2 N–H and O–H groups in total. The first kappa shape index (κ1) is 12.4. The van der Waals surface area contributed by atoms with E-state index in [0.717, 1.165) is 16.6 Å². The van der Waals surface area contributed by atoms with Gasteiger partial charge in [-0.05, 0) is 19.9 Å². The van der Waals surface area contributed by atoms with Gasteiger partial charge in [0.25, 0.3) is 5.91 Å². The van der Waals surface area contributed by atoms with Gasteiger partial charge in [-0.2, -0.15) is 4.98 Å². The summed E-state index contributed by atoms with van der Waals surface area (Å²) < 4.78 is 4.68. The molecular formula is C14H14N4O2. The molecule has 1 aromatic carbocycles. The number of benzene rings is 1. The van der Waals surface area contributed by atoms with Crippen molar-refractivity contribution in [2.75, 3.05) is 0 Å². The van der Waals surface area contributed by atoms with E-state index in [1.165, 1.54) is 6.39 Å². The standard InChI is InChI=1S/C14H14N4O2/c1-8-12(10-5-3-4-6-11(10)16-8)14(19)17-9(2)13-15-7-20-18-13/h3-7,9,16H,1-2H3,(H,17,19)/t9-/m1/s1. The third-order valence-electron chi connectivity index (χ3n) is 3.23. The van der Waals surface area contributed by atoms with E-state index in [0.29, 0.717) is 11.4 Å². The SMILES string of the molecule is Cc1[nH]c2ccccc2c1C(=O)N[C@H](C)c1ncon1. The lowest BCUT2D eigenvalue weighted by Gasteiger charge is -2.10. The number of nitrogens with one attached hydrogen (secondary N) is 2. The summed E-state index contributed by atoms with van der Waals surface area (Å²) in [5.74, 6) is 0.299. The number of hydrogen-bond acceptors (Lipinski definition) is 4. The van der Waals surface area contributed by atoms with E-state index in [-0.39, 0.29) is 11.9 Å². The highest BCUT2D eigenvalue weighted by molar-refractivity contribution is 6.08. The van der Waals surface area contributed by atoms with E-state index in [2.05, 4.69) is 25.0 Å². The van der Waals surface area contributed by atoms with Crippen LogP contribution in [0.1, 0.15) is 34.8 Å². The van der Waals surface area contributed by atoms with Gasteiger partial charge in [0.1, 0.15) is 0 Å². The minimum absolute atomic E-state index is 0.155. The van der Waals surface area contributed by atoms with Crippen molar-refractivity contribution in [3.8, 4) is 0 Å². The molecule has 6 heteroatoms. The van der Waals surface area contributed by atoms with Crippen LogP contribution in [0.4, 0.5) is 0 Å². The number of aryl methyl sites for hydroxylation is 1. The molecular weight excluding hydrogens is 256 g/mol. The molecule has 0 aliphatic rings. The van der Waals surface area contributed by atoms with Gasteiger partial charge in [-0.1, -0.05) is 23.4 Å². The van der Waals surface area contributed by atoms with Crippen molar-refractivity contribution in [2.45, 2.75) is 19.9 Å². The number of para-hydroxylation sites is 1. The Labute approximate surface area is 115 Å². The van der Waals surface area contributed by atoms with Crippen LogP contribution in [0.15, 0.2) is 35.2 Å². The number of rotatable bonds is 3. The smallest absolute Gasteiger partial charge is 0.254 e. The summed E-state index contributed by atoms with van der Waals surface area (Å²) in [7, 11) is 0. The molecule has 0 aliphatic carbocycles. The summed E-state index contributed by atoms with van der Waals surface area (Å²) in [6, 6.07) is 7.40. The second kappa shape index (κ2) is 4.80. The van der Waals surface area contributed by atoms with E-state index >= 15 is 0 Å². The molecule has 102 valence electrons. The molecule has 1 amide bonds. The van der Waals surface area contributed by atoms with Crippen molar-refractivity contribution in [1.29, 1.82) is 0 Å². The zero-order valence-electron chi connectivity index (χ0n) is 11.2. The van der Waals surface area contributed by atoms with Crippen LogP contribution in [0.5, 0.6) is 0 Å². The maximum atomic E-state index is 12.4. The monoisotopic (exact) mass is 270 g/mol. The van der Waals surface area contributed by atoms with Gasteiger partial charge in [-0.3, -0.25) is 4.79 Å². The van der Waals surface area contributed by atoms with Gasteiger partial charge < -0.3 is 14.8 Å². The number of nitrogens with zero attached hydrogens (tertiary/aromatic N) is 2. The Morgan fingerprint density at radius 3 is 2.95 bits per heavy atom. The second-order valence-corrected chi connectivity index (χ2v) is 4.66. The van der Waals surface area contributed by atoms with Crippen LogP contribution in [-0.2, 0) is 0 Å². The van der Waals surface area contributed by atoms with Crippen molar-refractivity contribution in [3.63, 3.8) is 0 Å². The maximum absolute atomic E-state index is 12.4. The second-order valence-electron chi connectivity index (χ2n) is 4.66. The van der Waals surface area contributed by atoms with Gasteiger partial charge in [0.15, 0.2) is 5.82 Å². The van der Waals surface area contributed by atoms with Gasteiger partial charge in [-0.25, -0.2) is 0 Å². The lowest BCUT2D eigenvalue weighted by atomic mass is 10.1. The molecule has 2 aromatic heterocycles. The number of fused-ring (bicyclic) bond motifs is 1. The van der Waals surface area contributed by atoms with Crippen LogP contribution < -0.4 is 5.32 Å². The highest BCUT2D eigenvalue weighted by Crippen LogP contribution is 2.22. The largest absolute Gasteiger partial charge is 0.358 e. The first-order chi connectivity index (χ1) is 9.66. The fourth-order valence-corrected chi connectivity index (χ4v) is 2.27. The van der Waals surface area contributed by atoms with Crippen molar-refractivity contribution >= 4 is 16.8 Å². The summed E-state index contributed by atoms with van der Waals surface area (Å²) in [6.45, 7) is 3.70. The molecule has 1 atom stereocenters. The number of carbonyl (C=O) groups excluding carboxylic acids is 1. The Bertz CT molecular complexity index is 746. The lowest BCUT2D eigenvalue weighted by Crippen LogP contribution is -2.27. The van der Waals surface area contributed by atoms with Gasteiger partial charge in [0.2, 0.25) is 6.39 Å². The maximum Gasteiger partial charge on any atom is 0.254 e. The minimum Gasteiger partial charge on any atom is -0.358 e. The fraction of sp³-hybridized carbons (Fsp3) is 0.214. The minimum atomic E-state index is -0.311. The summed E-state index contributed by atoms with van der Waals surface area (Å²) in [5, 5.41) is 7.51. The zero-order valence-corrected chi connectivity index (χ0v) is 11.2. The van der Waals surface area contributed by atoms with Crippen molar-refractivity contribution < 1.29 is 9.32 Å². The lowest BCUT2D eigenvalue weighted by molar-refractivity contribution is 0.0939. The number of carbonyl (C=O) groups is 1. The normalized spacial score (nSPS) is 12.5. The Kier molecular flexibility index (Phi) is 2.98. The third-order valence-corrected chi connectivity index (χ3v) is 3.23. The molecule has 0 bridgehead atoms. The van der Waals surface area contributed by atoms with E-state index in [1.54, 1.807) is 0 Å². The Morgan fingerprint density at radius 1 is 1.40 bits per heavy atom. The quantitative estimate of drug-likeness (QED) is 0.765. The number of amides is 1. The van der Waals surface area contributed by atoms with E-state index in [1.807, 2.05) is 38.1 Å². The van der Waals surface area contributed by atoms with Crippen molar-refractivity contribution in [3.05, 3.63) is 47.7 Å². The highest BCUT2D eigenvalue weighted by atomic mass is 16.5. The Morgan fingerprint density at radius 2 is 2.20 bits per heavy atom. The topological polar surface area (TPSA) is 83.8 Å².